The number of nitrogens with zero attached hydrogens (tertiary/aromatic N) is 9. The molecule has 0 unspecified atom stereocenters. The Morgan fingerprint density at radius 2 is 1.29 bits per heavy atom. The minimum Gasteiger partial charge on any atom is -0.238 e. The van der Waals surface area contributed by atoms with E-state index in [4.69, 9.17) is 26.3 Å². The smallest absolute Gasteiger partial charge is 0.238 e. The molecule has 0 saturated carbocycles. The van der Waals surface area contributed by atoms with E-state index in [0.717, 1.165) is 12.1 Å². The second-order valence-electron chi connectivity index (χ2n) is 10.3. The van der Waals surface area contributed by atoms with E-state index in [2.05, 4.69) is 19.4 Å². The van der Waals surface area contributed by atoms with Crippen LogP contribution in [0, 0.1) is 89.9 Å². The summed E-state index contributed by atoms with van der Waals surface area (Å²) in [6.07, 6.45) is -5.00. The Kier molecular flexibility index (Phi) is 7.87. The topological polar surface area (TPSA) is 136 Å². The summed E-state index contributed by atoms with van der Waals surface area (Å²) < 4.78 is 42.1. The normalized spacial score (nSPS) is 14.7. The molecular weight excluding hydrogens is 627 g/mol. The van der Waals surface area contributed by atoms with Crippen molar-refractivity contribution in [3.63, 3.8) is 0 Å². The van der Waals surface area contributed by atoms with E-state index < -0.39 is 28.7 Å². The average Bonchev–Trinajstić information content (AvgIpc) is 3.60. The van der Waals surface area contributed by atoms with E-state index in [1.165, 1.54) is 18.2 Å². The standard InChI is InChI=1S/C37H10F3N9/c1-18-6-7-20(11-27(18)46-2)31-35(29(17-45)48-4)23-12-22-32(25(15-43)33(23)36(31)49-5)24(14-42)30(34(22)28(16-44)47-3)19-8-9-21(13-41)26(10-19)37(38,39)40/h6-12H,1H3/b34-28+,35-29-. The number of benzene rings is 3. The molecule has 2 aliphatic rings. The van der Waals surface area contributed by atoms with Crippen molar-refractivity contribution in [3.8, 4) is 30.3 Å². The summed E-state index contributed by atoms with van der Waals surface area (Å²) in [5.74, 6) is 0. The Balaban J connectivity index is 2.03. The van der Waals surface area contributed by atoms with Crippen LogP contribution in [0.5, 0.6) is 0 Å². The maximum absolute atomic E-state index is 14.0. The van der Waals surface area contributed by atoms with Crippen LogP contribution in [0.25, 0.3) is 52.9 Å². The molecule has 0 N–H and O–H groups in total. The fourth-order valence-electron chi connectivity index (χ4n) is 5.93. The number of rotatable bonds is 2. The van der Waals surface area contributed by atoms with E-state index >= 15 is 0 Å². The molecule has 0 aliphatic heterocycles. The van der Waals surface area contributed by atoms with Crippen molar-refractivity contribution >= 4 is 39.2 Å². The third kappa shape index (κ3) is 4.72. The highest BCUT2D eigenvalue weighted by Crippen LogP contribution is 2.57. The highest BCUT2D eigenvalue weighted by Gasteiger charge is 2.41. The monoisotopic (exact) mass is 637 g/mol. The molecule has 0 atom stereocenters. The third-order valence-corrected chi connectivity index (χ3v) is 7.94. The lowest BCUT2D eigenvalue weighted by molar-refractivity contribution is -0.137. The van der Waals surface area contributed by atoms with Crippen molar-refractivity contribution < 1.29 is 13.2 Å². The highest BCUT2D eigenvalue weighted by molar-refractivity contribution is 6.30. The number of hydrogen-bond acceptors (Lipinski definition) is 5. The maximum atomic E-state index is 14.0. The van der Waals surface area contributed by atoms with Crippen molar-refractivity contribution in [2.24, 2.45) is 0 Å². The van der Waals surface area contributed by atoms with Crippen molar-refractivity contribution in [3.05, 3.63) is 155 Å². The summed E-state index contributed by atoms with van der Waals surface area (Å²) in [5, 5.41) is 50.4. The minimum atomic E-state index is -5.00. The molecule has 0 heterocycles. The molecule has 0 radical (unpaired) electrons. The van der Waals surface area contributed by atoms with Crippen LogP contribution in [-0.4, -0.2) is 0 Å². The predicted molar refractivity (Wildman–Crippen MR) is 169 cm³/mol. The molecule has 0 saturated heterocycles. The summed E-state index contributed by atoms with van der Waals surface area (Å²) in [7, 11) is 0. The Hall–Kier alpha value is -8.18. The van der Waals surface area contributed by atoms with Gasteiger partial charge in [-0.15, -0.1) is 0 Å². The minimum absolute atomic E-state index is 0.00269. The second kappa shape index (κ2) is 12.0. The molecule has 0 spiro atoms. The summed E-state index contributed by atoms with van der Waals surface area (Å²) in [4.78, 5) is 13.8. The van der Waals surface area contributed by atoms with Gasteiger partial charge in [0.1, 0.15) is 6.07 Å². The van der Waals surface area contributed by atoms with Crippen LogP contribution in [0.1, 0.15) is 55.6 Å². The zero-order chi connectivity index (χ0) is 35.8. The SMILES string of the molecule is [C-]#[N+]C1=C(c2ccc(C)c([N+]#[C-])c2)/C(=C(/C#N)[N+]#[C-])c2cc3c(c(C#N)c21)C(C#N)=C(c1ccc(C#N)c(C(F)(F)F)c1)/C3=C(\C#N)[N+]#[C-]. The first-order valence-electron chi connectivity index (χ1n) is 13.5. The fourth-order valence-corrected chi connectivity index (χ4v) is 5.93. The van der Waals surface area contributed by atoms with Crippen LogP contribution in [0.3, 0.4) is 0 Å². The summed E-state index contributed by atoms with van der Waals surface area (Å²) in [6, 6.07) is 17.4. The van der Waals surface area contributed by atoms with Gasteiger partial charge in [0, 0.05) is 16.7 Å². The number of fused-ring (bicyclic) bond motifs is 2. The zero-order valence-electron chi connectivity index (χ0n) is 24.7. The van der Waals surface area contributed by atoms with Gasteiger partial charge < -0.3 is 0 Å². The van der Waals surface area contributed by atoms with Gasteiger partial charge in [0.15, 0.2) is 5.69 Å². The molecule has 0 aromatic heterocycles. The number of alkyl halides is 3. The molecule has 3 aromatic carbocycles. The molecule has 2 aliphatic carbocycles. The van der Waals surface area contributed by atoms with Gasteiger partial charge in [-0.2, -0.15) is 29.0 Å². The maximum Gasteiger partial charge on any atom is 0.417 e. The van der Waals surface area contributed by atoms with E-state index in [-0.39, 0.29) is 78.2 Å². The Labute approximate surface area is 277 Å². The van der Waals surface area contributed by atoms with Crippen LogP contribution in [-0.2, 0) is 6.18 Å². The lowest BCUT2D eigenvalue weighted by Crippen LogP contribution is -2.08. The first kappa shape index (κ1) is 32.2. The van der Waals surface area contributed by atoms with Crippen LogP contribution < -0.4 is 0 Å². The van der Waals surface area contributed by atoms with Gasteiger partial charge >= 0.3 is 6.18 Å². The zero-order valence-corrected chi connectivity index (χ0v) is 24.7. The number of hydrogen-bond donors (Lipinski definition) is 0. The fraction of sp³-hybridized carbons (Fsp3) is 0.0541. The van der Waals surface area contributed by atoms with E-state index in [1.807, 2.05) is 12.1 Å². The highest BCUT2D eigenvalue weighted by atomic mass is 19.4. The molecule has 3 aromatic rings. The number of aryl methyl sites for hydroxylation is 1. The Bertz CT molecular complexity index is 2610. The summed E-state index contributed by atoms with van der Waals surface area (Å²) >= 11 is 0. The van der Waals surface area contributed by atoms with Crippen LogP contribution in [0.2, 0.25) is 0 Å². The van der Waals surface area contributed by atoms with Crippen LogP contribution >= 0.6 is 0 Å². The predicted octanol–water partition coefficient (Wildman–Crippen LogP) is 8.87. The summed E-state index contributed by atoms with van der Waals surface area (Å²) in [6.45, 7) is 32.9. The van der Waals surface area contributed by atoms with Crippen LogP contribution in [0.4, 0.5) is 18.9 Å². The van der Waals surface area contributed by atoms with Crippen molar-refractivity contribution in [2.45, 2.75) is 13.1 Å². The quantitative estimate of drug-likeness (QED) is 0.204. The van der Waals surface area contributed by atoms with E-state index in [9.17, 15) is 39.5 Å². The molecule has 5 rings (SSSR count). The molecule has 224 valence electrons. The summed E-state index contributed by atoms with van der Waals surface area (Å²) in [5.41, 5.74) is -4.18. The largest absolute Gasteiger partial charge is 0.417 e. The van der Waals surface area contributed by atoms with Crippen molar-refractivity contribution in [1.29, 1.82) is 26.3 Å². The lowest BCUT2D eigenvalue weighted by atomic mass is 9.88. The van der Waals surface area contributed by atoms with E-state index in [1.54, 1.807) is 31.2 Å². The lowest BCUT2D eigenvalue weighted by Gasteiger charge is -2.15. The molecule has 0 fully saturated rings. The molecular formula is C37H10F3N9. The molecule has 12 heteroatoms. The van der Waals surface area contributed by atoms with Gasteiger partial charge in [-0.1, -0.05) is 18.2 Å². The number of allylic oxidation sites excluding steroid dienone is 7. The van der Waals surface area contributed by atoms with Crippen molar-refractivity contribution in [1.82, 2.24) is 0 Å². The second-order valence-corrected chi connectivity index (χ2v) is 10.3. The Morgan fingerprint density at radius 1 is 0.694 bits per heavy atom. The molecule has 49 heavy (non-hydrogen) atoms. The van der Waals surface area contributed by atoms with Crippen molar-refractivity contribution in [2.75, 3.05) is 0 Å². The van der Waals surface area contributed by atoms with E-state index in [0.29, 0.717) is 11.6 Å². The number of halogens is 3. The first-order valence-corrected chi connectivity index (χ1v) is 13.5. The Morgan fingerprint density at radius 3 is 1.80 bits per heavy atom. The molecule has 0 amide bonds. The van der Waals surface area contributed by atoms with Gasteiger partial charge in [0.2, 0.25) is 5.70 Å². The average molecular weight is 638 g/mol. The van der Waals surface area contributed by atoms with Gasteiger partial charge in [-0.05, 0) is 75.7 Å². The molecule has 0 bridgehead atoms. The van der Waals surface area contributed by atoms with Gasteiger partial charge in [-0.3, -0.25) is 0 Å². The third-order valence-electron chi connectivity index (χ3n) is 7.94. The van der Waals surface area contributed by atoms with Gasteiger partial charge in [-0.25, -0.2) is 29.9 Å². The first-order chi connectivity index (χ1) is 23.5. The molecule has 9 nitrogen and oxygen atoms in total. The van der Waals surface area contributed by atoms with Crippen LogP contribution in [0.15, 0.2) is 53.9 Å². The van der Waals surface area contributed by atoms with Gasteiger partial charge in [0.25, 0.3) is 11.4 Å². The van der Waals surface area contributed by atoms with Gasteiger partial charge in [0.05, 0.1) is 72.8 Å². The number of nitriles is 5.